The van der Waals surface area contributed by atoms with Crippen LogP contribution < -0.4 is 4.74 Å². The van der Waals surface area contributed by atoms with Crippen LogP contribution in [0.5, 0.6) is 5.75 Å². The number of carbonyl (C=O) groups excluding carboxylic acids is 1. The van der Waals surface area contributed by atoms with E-state index in [0.717, 1.165) is 25.1 Å². The molecule has 3 rings (SSSR count). The van der Waals surface area contributed by atoms with Crippen LogP contribution in [0.15, 0.2) is 30.6 Å². The summed E-state index contributed by atoms with van der Waals surface area (Å²) >= 11 is 0. The van der Waals surface area contributed by atoms with Gasteiger partial charge in [0, 0.05) is 12.6 Å². The number of aromatic nitrogens is 4. The van der Waals surface area contributed by atoms with Gasteiger partial charge in [0.25, 0.3) is 5.91 Å². The molecule has 7 heteroatoms. The fraction of sp³-hybridized carbons (Fsp3) is 0.467. The van der Waals surface area contributed by atoms with E-state index in [1.165, 1.54) is 12.7 Å². The number of carbonyl (C=O) groups is 1. The molecule has 1 aliphatic rings. The van der Waals surface area contributed by atoms with Crippen LogP contribution in [-0.2, 0) is 4.79 Å². The van der Waals surface area contributed by atoms with Crippen molar-refractivity contribution in [3.8, 4) is 11.4 Å². The second kappa shape index (κ2) is 6.55. The maximum atomic E-state index is 12.2. The summed E-state index contributed by atoms with van der Waals surface area (Å²) in [6.07, 6.45) is 4.88. The Hall–Kier alpha value is -2.44. The Morgan fingerprint density at radius 3 is 2.82 bits per heavy atom. The van der Waals surface area contributed by atoms with Crippen molar-refractivity contribution in [2.75, 3.05) is 13.2 Å². The maximum Gasteiger partial charge on any atom is 0.260 e. The number of ether oxygens (including phenoxy) is 1. The summed E-state index contributed by atoms with van der Waals surface area (Å²) in [7, 11) is 0. The molecular weight excluding hydrogens is 282 g/mol. The van der Waals surface area contributed by atoms with E-state index in [9.17, 15) is 4.79 Å². The summed E-state index contributed by atoms with van der Waals surface area (Å²) in [6, 6.07) is 7.62. The predicted molar refractivity (Wildman–Crippen MR) is 79.7 cm³/mol. The zero-order chi connectivity index (χ0) is 15.4. The second-order valence-corrected chi connectivity index (χ2v) is 5.47. The number of benzene rings is 1. The molecular formula is C15H19N5O2. The molecule has 1 saturated heterocycles. The molecule has 0 bridgehead atoms. The number of hydrogen-bond donors (Lipinski definition) is 0. The van der Waals surface area contributed by atoms with Crippen LogP contribution in [0.4, 0.5) is 0 Å². The SMILES string of the molecule is C[C@H]1CCCCN1C(=O)COc1ccc(-n2cnnn2)cc1. The van der Waals surface area contributed by atoms with E-state index in [1.807, 2.05) is 29.2 Å². The minimum absolute atomic E-state index is 0.0525. The minimum atomic E-state index is 0.0525. The Balaban J connectivity index is 1.56. The lowest BCUT2D eigenvalue weighted by atomic mass is 10.0. The number of rotatable bonds is 4. The second-order valence-electron chi connectivity index (χ2n) is 5.47. The summed E-state index contributed by atoms with van der Waals surface area (Å²) in [6.45, 7) is 3.01. The van der Waals surface area contributed by atoms with Crippen molar-refractivity contribution in [1.29, 1.82) is 0 Å². The Kier molecular flexibility index (Phi) is 4.32. The van der Waals surface area contributed by atoms with Crippen LogP contribution in [-0.4, -0.2) is 50.2 Å². The van der Waals surface area contributed by atoms with Crippen molar-refractivity contribution in [2.24, 2.45) is 0 Å². The van der Waals surface area contributed by atoms with Crippen molar-refractivity contribution in [2.45, 2.75) is 32.2 Å². The first-order chi connectivity index (χ1) is 10.7. The molecule has 2 heterocycles. The number of hydrogen-bond acceptors (Lipinski definition) is 5. The van der Waals surface area contributed by atoms with Crippen molar-refractivity contribution in [1.82, 2.24) is 25.1 Å². The fourth-order valence-electron chi connectivity index (χ4n) is 2.67. The van der Waals surface area contributed by atoms with Crippen LogP contribution in [0.1, 0.15) is 26.2 Å². The minimum Gasteiger partial charge on any atom is -0.484 e. The molecule has 0 radical (unpaired) electrons. The predicted octanol–water partition coefficient (Wildman–Crippen LogP) is 1.44. The highest BCUT2D eigenvalue weighted by atomic mass is 16.5. The van der Waals surface area contributed by atoms with Crippen LogP contribution >= 0.6 is 0 Å². The van der Waals surface area contributed by atoms with E-state index in [1.54, 1.807) is 4.68 Å². The van der Waals surface area contributed by atoms with Gasteiger partial charge in [0.1, 0.15) is 12.1 Å². The molecule has 1 atom stereocenters. The molecule has 1 fully saturated rings. The van der Waals surface area contributed by atoms with Gasteiger partial charge in [-0.2, -0.15) is 0 Å². The Labute approximate surface area is 128 Å². The van der Waals surface area contributed by atoms with Gasteiger partial charge >= 0.3 is 0 Å². The average Bonchev–Trinajstić information content (AvgIpc) is 3.08. The summed E-state index contributed by atoms with van der Waals surface area (Å²) < 4.78 is 7.15. The fourth-order valence-corrected chi connectivity index (χ4v) is 2.67. The molecule has 7 nitrogen and oxygen atoms in total. The monoisotopic (exact) mass is 301 g/mol. The molecule has 0 aliphatic carbocycles. The van der Waals surface area contributed by atoms with Crippen molar-refractivity contribution in [3.05, 3.63) is 30.6 Å². The van der Waals surface area contributed by atoms with E-state index >= 15 is 0 Å². The van der Waals surface area contributed by atoms with E-state index in [4.69, 9.17) is 4.74 Å². The van der Waals surface area contributed by atoms with Gasteiger partial charge in [-0.1, -0.05) is 0 Å². The Morgan fingerprint density at radius 1 is 1.32 bits per heavy atom. The lowest BCUT2D eigenvalue weighted by Gasteiger charge is -2.33. The first-order valence-corrected chi connectivity index (χ1v) is 7.50. The highest BCUT2D eigenvalue weighted by Gasteiger charge is 2.23. The number of likely N-dealkylation sites (tertiary alicyclic amines) is 1. The van der Waals surface area contributed by atoms with Gasteiger partial charge in [0.2, 0.25) is 0 Å². The quantitative estimate of drug-likeness (QED) is 0.854. The lowest BCUT2D eigenvalue weighted by molar-refractivity contribution is -0.136. The molecule has 0 unspecified atom stereocenters. The topological polar surface area (TPSA) is 73.1 Å². The zero-order valence-corrected chi connectivity index (χ0v) is 12.6. The van der Waals surface area contributed by atoms with Gasteiger partial charge < -0.3 is 9.64 Å². The zero-order valence-electron chi connectivity index (χ0n) is 12.6. The summed E-state index contributed by atoms with van der Waals surface area (Å²) in [4.78, 5) is 14.1. The summed E-state index contributed by atoms with van der Waals surface area (Å²) in [5.41, 5.74) is 0.841. The van der Waals surface area contributed by atoms with Gasteiger partial charge in [0.15, 0.2) is 6.61 Å². The molecule has 0 N–H and O–H groups in total. The van der Waals surface area contributed by atoms with Gasteiger partial charge in [0.05, 0.1) is 5.69 Å². The molecule has 1 amide bonds. The third kappa shape index (κ3) is 3.24. The first-order valence-electron chi connectivity index (χ1n) is 7.50. The summed E-state index contributed by atoms with van der Waals surface area (Å²) in [5.74, 6) is 0.714. The lowest BCUT2D eigenvalue weighted by Crippen LogP contribution is -2.44. The van der Waals surface area contributed by atoms with E-state index in [-0.39, 0.29) is 12.5 Å². The van der Waals surface area contributed by atoms with Crippen LogP contribution in [0.3, 0.4) is 0 Å². The number of nitrogens with zero attached hydrogens (tertiary/aromatic N) is 5. The molecule has 1 aromatic carbocycles. The Morgan fingerprint density at radius 2 is 2.14 bits per heavy atom. The van der Waals surface area contributed by atoms with E-state index in [2.05, 4.69) is 22.4 Å². The Bertz CT molecular complexity index is 611. The normalized spacial score (nSPS) is 18.2. The highest BCUT2D eigenvalue weighted by Crippen LogP contribution is 2.18. The van der Waals surface area contributed by atoms with Gasteiger partial charge in [-0.25, -0.2) is 4.68 Å². The molecule has 1 aromatic heterocycles. The molecule has 0 spiro atoms. The van der Waals surface area contributed by atoms with Gasteiger partial charge in [-0.15, -0.1) is 5.10 Å². The van der Waals surface area contributed by atoms with E-state index in [0.29, 0.717) is 11.8 Å². The van der Waals surface area contributed by atoms with Crippen LogP contribution in [0.25, 0.3) is 5.69 Å². The van der Waals surface area contributed by atoms with Crippen molar-refractivity contribution < 1.29 is 9.53 Å². The first kappa shape index (κ1) is 14.5. The number of tetrazole rings is 1. The molecule has 2 aromatic rings. The highest BCUT2D eigenvalue weighted by molar-refractivity contribution is 5.78. The maximum absolute atomic E-state index is 12.2. The number of amides is 1. The summed E-state index contributed by atoms with van der Waals surface area (Å²) in [5, 5.41) is 11.0. The van der Waals surface area contributed by atoms with Crippen LogP contribution in [0.2, 0.25) is 0 Å². The average molecular weight is 301 g/mol. The van der Waals surface area contributed by atoms with E-state index < -0.39 is 0 Å². The molecule has 22 heavy (non-hydrogen) atoms. The molecule has 1 aliphatic heterocycles. The molecule has 0 saturated carbocycles. The third-order valence-electron chi connectivity index (χ3n) is 3.94. The molecule has 116 valence electrons. The third-order valence-corrected chi connectivity index (χ3v) is 3.94. The largest absolute Gasteiger partial charge is 0.484 e. The van der Waals surface area contributed by atoms with Gasteiger partial charge in [-0.3, -0.25) is 4.79 Å². The van der Waals surface area contributed by atoms with Crippen molar-refractivity contribution in [3.63, 3.8) is 0 Å². The smallest absolute Gasteiger partial charge is 0.260 e. The van der Waals surface area contributed by atoms with Gasteiger partial charge in [-0.05, 0) is 60.9 Å². The number of piperidine rings is 1. The van der Waals surface area contributed by atoms with Crippen molar-refractivity contribution >= 4 is 5.91 Å². The standard InChI is InChI=1S/C15H19N5O2/c1-12-4-2-3-9-19(12)15(21)10-22-14-7-5-13(6-8-14)20-11-16-17-18-20/h5-8,11-12H,2-4,9-10H2,1H3/t12-/m0/s1. The van der Waals surface area contributed by atoms with Crippen LogP contribution in [0, 0.1) is 0 Å².